The number of hydrogen-bond donors (Lipinski definition) is 3. The number of nitrogens with zero attached hydrogens (tertiary/aromatic N) is 7. The summed E-state index contributed by atoms with van der Waals surface area (Å²) in [6.07, 6.45) is 9.32. The van der Waals surface area contributed by atoms with Crippen molar-refractivity contribution < 1.29 is 4.74 Å². The molecule has 3 N–H and O–H groups in total. The molecule has 47 heavy (non-hydrogen) atoms. The van der Waals surface area contributed by atoms with Crippen LogP contribution in [0.2, 0.25) is 0 Å². The van der Waals surface area contributed by atoms with E-state index in [4.69, 9.17) is 9.72 Å². The first-order valence-electron chi connectivity index (χ1n) is 16.7. The van der Waals surface area contributed by atoms with Gasteiger partial charge in [-0.15, -0.1) is 0 Å². The lowest BCUT2D eigenvalue weighted by atomic mass is 9.96. The minimum Gasteiger partial charge on any atom is -0.494 e. The molecule has 0 saturated carbocycles. The maximum absolute atomic E-state index is 5.96. The second-order valence-electron chi connectivity index (χ2n) is 12.8. The van der Waals surface area contributed by atoms with Gasteiger partial charge in [-0.05, 0) is 56.6 Å². The Bertz CT molecular complexity index is 1690. The summed E-state index contributed by atoms with van der Waals surface area (Å²) in [4.78, 5) is 26.3. The molecule has 2 aliphatic heterocycles. The third-order valence-corrected chi connectivity index (χ3v) is 9.47. The van der Waals surface area contributed by atoms with Crippen LogP contribution in [0.15, 0.2) is 49.4 Å². The van der Waals surface area contributed by atoms with E-state index >= 15 is 0 Å². The van der Waals surface area contributed by atoms with E-state index in [1.54, 1.807) is 31.8 Å². The molecular formula is C36H48N10O. The molecule has 4 heterocycles. The molecule has 2 fully saturated rings. The highest BCUT2D eigenvalue weighted by atomic mass is 16.5. The summed E-state index contributed by atoms with van der Waals surface area (Å²) < 4.78 is 5.96. The molecule has 2 saturated heterocycles. The number of benzene rings is 2. The summed E-state index contributed by atoms with van der Waals surface area (Å²) >= 11 is 0. The van der Waals surface area contributed by atoms with E-state index in [1.165, 1.54) is 37.2 Å². The summed E-state index contributed by atoms with van der Waals surface area (Å²) in [7, 11) is 5.86. The van der Waals surface area contributed by atoms with Crippen molar-refractivity contribution in [2.45, 2.75) is 45.2 Å². The molecule has 0 unspecified atom stereocenters. The van der Waals surface area contributed by atoms with E-state index < -0.39 is 0 Å². The van der Waals surface area contributed by atoms with E-state index in [-0.39, 0.29) is 0 Å². The van der Waals surface area contributed by atoms with Crippen LogP contribution >= 0.6 is 0 Å². The fraction of sp³-hybridized carbons (Fsp3) is 0.444. The first kappa shape index (κ1) is 32.6. The largest absolute Gasteiger partial charge is 0.494 e. The van der Waals surface area contributed by atoms with Gasteiger partial charge in [0.15, 0.2) is 0 Å². The van der Waals surface area contributed by atoms with Gasteiger partial charge < -0.3 is 30.5 Å². The van der Waals surface area contributed by atoms with Crippen LogP contribution in [0.1, 0.15) is 49.3 Å². The number of fused-ring (bicyclic) bond motifs is 1. The van der Waals surface area contributed by atoms with E-state index in [1.807, 2.05) is 19.2 Å². The molecule has 248 valence electrons. The lowest BCUT2D eigenvalue weighted by molar-refractivity contribution is 0.0982. The third-order valence-electron chi connectivity index (χ3n) is 9.47. The Morgan fingerprint density at radius 3 is 2.45 bits per heavy atom. The van der Waals surface area contributed by atoms with Gasteiger partial charge in [0.1, 0.15) is 11.6 Å². The zero-order valence-corrected chi connectivity index (χ0v) is 28.4. The average molecular weight is 637 g/mol. The maximum Gasteiger partial charge on any atom is 0.229 e. The quantitative estimate of drug-likeness (QED) is 0.191. The number of methoxy groups -OCH3 is 1. The van der Waals surface area contributed by atoms with Crippen molar-refractivity contribution in [3.63, 3.8) is 0 Å². The van der Waals surface area contributed by atoms with Crippen LogP contribution in [0.4, 0.5) is 28.8 Å². The molecule has 4 aromatic rings. The van der Waals surface area contributed by atoms with Gasteiger partial charge in [0.2, 0.25) is 5.95 Å². The molecule has 6 rings (SSSR count). The van der Waals surface area contributed by atoms with Crippen molar-refractivity contribution in [1.29, 1.82) is 0 Å². The van der Waals surface area contributed by atoms with Crippen LogP contribution in [0.3, 0.4) is 0 Å². The molecule has 0 aliphatic carbocycles. The number of piperazine rings is 1. The van der Waals surface area contributed by atoms with Crippen LogP contribution in [0, 0.1) is 0 Å². The summed E-state index contributed by atoms with van der Waals surface area (Å²) in [5.74, 6) is 2.19. The van der Waals surface area contributed by atoms with Crippen LogP contribution in [-0.4, -0.2) is 96.3 Å². The van der Waals surface area contributed by atoms with Crippen molar-refractivity contribution in [2.75, 3.05) is 76.0 Å². The van der Waals surface area contributed by atoms with Crippen LogP contribution < -0.4 is 25.6 Å². The molecule has 11 nitrogen and oxygen atoms in total. The second-order valence-corrected chi connectivity index (χ2v) is 12.8. The second kappa shape index (κ2) is 14.6. The molecule has 0 radical (unpaired) electrons. The van der Waals surface area contributed by atoms with Crippen molar-refractivity contribution in [3.8, 4) is 5.75 Å². The van der Waals surface area contributed by atoms with E-state index in [9.17, 15) is 0 Å². The summed E-state index contributed by atoms with van der Waals surface area (Å²) in [6, 6.07) is 9.03. The maximum atomic E-state index is 5.96. The fourth-order valence-electron chi connectivity index (χ4n) is 6.76. The molecule has 2 aromatic carbocycles. The first-order chi connectivity index (χ1) is 22.9. The lowest BCUT2D eigenvalue weighted by Gasteiger charge is -2.43. The molecule has 0 atom stereocenters. The van der Waals surface area contributed by atoms with E-state index in [0.717, 1.165) is 65.5 Å². The zero-order valence-electron chi connectivity index (χ0n) is 28.4. The number of hydrogen-bond acceptors (Lipinski definition) is 11. The summed E-state index contributed by atoms with van der Waals surface area (Å²) in [5, 5.41) is 10.2. The summed E-state index contributed by atoms with van der Waals surface area (Å²) in [5.41, 5.74) is 7.73. The van der Waals surface area contributed by atoms with Crippen molar-refractivity contribution >= 4 is 45.9 Å². The van der Waals surface area contributed by atoms with E-state index in [2.05, 4.69) is 85.2 Å². The molecule has 0 amide bonds. The molecule has 2 aromatic heterocycles. The van der Waals surface area contributed by atoms with Gasteiger partial charge in [-0.25, -0.2) is 4.98 Å². The molecular weight excluding hydrogens is 588 g/mol. The third kappa shape index (κ3) is 7.17. The van der Waals surface area contributed by atoms with Crippen LogP contribution in [0.25, 0.3) is 17.1 Å². The Kier molecular flexibility index (Phi) is 10.1. The highest BCUT2D eigenvalue weighted by Gasteiger charge is 2.28. The number of likely N-dealkylation sites (N-methyl/N-ethyl adjacent to an activating group) is 1. The monoisotopic (exact) mass is 636 g/mol. The average Bonchev–Trinajstić information content (AvgIpc) is 3.09. The minimum atomic E-state index is 0.328. The molecule has 0 spiro atoms. The first-order valence-corrected chi connectivity index (χ1v) is 16.7. The number of ether oxygens (including phenoxy) is 1. The van der Waals surface area contributed by atoms with Crippen molar-refractivity contribution in [2.24, 2.45) is 0 Å². The van der Waals surface area contributed by atoms with Crippen LogP contribution in [0.5, 0.6) is 5.75 Å². The van der Waals surface area contributed by atoms with Gasteiger partial charge >= 0.3 is 0 Å². The molecule has 11 heteroatoms. The van der Waals surface area contributed by atoms with Gasteiger partial charge in [0.05, 0.1) is 23.8 Å². The van der Waals surface area contributed by atoms with Gasteiger partial charge in [0, 0.05) is 99.0 Å². The Hall–Kier alpha value is -4.32. The highest BCUT2D eigenvalue weighted by Crippen LogP contribution is 2.40. The van der Waals surface area contributed by atoms with Crippen molar-refractivity contribution in [3.05, 3.63) is 66.1 Å². The number of piperidine rings is 1. The Labute approximate surface area is 278 Å². The molecule has 0 bridgehead atoms. The van der Waals surface area contributed by atoms with E-state index in [0.29, 0.717) is 30.3 Å². The number of anilines is 5. The number of aromatic nitrogens is 4. The van der Waals surface area contributed by atoms with Gasteiger partial charge in [-0.3, -0.25) is 14.9 Å². The minimum absolute atomic E-state index is 0.328. The van der Waals surface area contributed by atoms with Gasteiger partial charge in [-0.2, -0.15) is 4.98 Å². The SMILES string of the molecule is C=Cc1cnc(Nc2cc(C(C)C)c(N3CCC(N4CCN(C)CC4)CC3)cc2OC)nc1Nc1ccc2nccnc2c1CNC. The lowest BCUT2D eigenvalue weighted by Crippen LogP contribution is -2.52. The topological polar surface area (TPSA) is 107 Å². The highest BCUT2D eigenvalue weighted by molar-refractivity contribution is 5.85. The predicted octanol–water partition coefficient (Wildman–Crippen LogP) is 5.62. The van der Waals surface area contributed by atoms with Gasteiger partial charge in [0.25, 0.3) is 0 Å². The van der Waals surface area contributed by atoms with Gasteiger partial charge in [-0.1, -0.05) is 26.5 Å². The Balaban J connectivity index is 1.25. The predicted molar refractivity (Wildman–Crippen MR) is 192 cm³/mol. The zero-order chi connectivity index (χ0) is 32.9. The Morgan fingerprint density at radius 1 is 0.979 bits per heavy atom. The number of nitrogens with one attached hydrogen (secondary N) is 3. The van der Waals surface area contributed by atoms with Crippen molar-refractivity contribution in [1.82, 2.24) is 35.1 Å². The summed E-state index contributed by atoms with van der Waals surface area (Å²) in [6.45, 7) is 15.9. The Morgan fingerprint density at radius 2 is 1.74 bits per heavy atom. The van der Waals surface area contributed by atoms with Crippen LogP contribution in [-0.2, 0) is 6.54 Å². The fourth-order valence-corrected chi connectivity index (χ4v) is 6.76. The normalized spacial score (nSPS) is 16.5. The standard InChI is InChI=1S/C36H48N10O/c1-7-25-22-40-36(43-35(25)41-29-8-9-30-34(28(29)23-37-4)39-13-12-38-30)42-31-20-27(24(2)3)32(21-33(31)47-6)46-14-10-26(11-15-46)45-18-16-44(5)17-19-45/h7-9,12-13,20-22,24,26,37H,1,10-11,14-19,23H2,2-6H3,(H2,40,41,42,43). The smallest absolute Gasteiger partial charge is 0.229 e. The molecule has 2 aliphatic rings. The number of rotatable bonds is 11.